The summed E-state index contributed by atoms with van der Waals surface area (Å²) >= 11 is 0. The lowest BCUT2D eigenvalue weighted by atomic mass is 10.1. The summed E-state index contributed by atoms with van der Waals surface area (Å²) < 4.78 is 5.11. The summed E-state index contributed by atoms with van der Waals surface area (Å²) in [6, 6.07) is -1.09. The first kappa shape index (κ1) is 16.4. The summed E-state index contributed by atoms with van der Waals surface area (Å²) in [7, 11) is 0. The molecule has 0 bridgehead atoms. The highest BCUT2D eigenvalue weighted by molar-refractivity contribution is 5.84. The van der Waals surface area contributed by atoms with Gasteiger partial charge in [0.15, 0.2) is 0 Å². The van der Waals surface area contributed by atoms with E-state index in [-0.39, 0.29) is 25.9 Å². The molecule has 0 rings (SSSR count). The smallest absolute Gasteiger partial charge is 0.326 e. The number of ether oxygens (including phenoxy) is 1. The SMILES string of the molecule is CCCOCCC(=O)N[C@@H](CCC(N)=O)C(=O)O. The molecule has 0 aliphatic rings. The highest BCUT2D eigenvalue weighted by atomic mass is 16.5. The fraction of sp³-hybridized carbons (Fsp3) is 0.727. The summed E-state index contributed by atoms with van der Waals surface area (Å²) in [4.78, 5) is 32.8. The van der Waals surface area contributed by atoms with Gasteiger partial charge in [-0.3, -0.25) is 9.59 Å². The quantitative estimate of drug-likeness (QED) is 0.463. The van der Waals surface area contributed by atoms with Crippen molar-refractivity contribution in [2.45, 2.75) is 38.6 Å². The van der Waals surface area contributed by atoms with Crippen LogP contribution in [0.25, 0.3) is 0 Å². The maximum atomic E-state index is 11.4. The van der Waals surface area contributed by atoms with Crippen molar-refractivity contribution in [3.63, 3.8) is 0 Å². The number of primary amides is 1. The molecule has 0 heterocycles. The number of hydrogen-bond donors (Lipinski definition) is 3. The summed E-state index contributed by atoms with van der Waals surface area (Å²) in [6.45, 7) is 2.77. The number of carboxylic acid groups (broad SMARTS) is 1. The van der Waals surface area contributed by atoms with E-state index in [1.165, 1.54) is 0 Å². The van der Waals surface area contributed by atoms with Crippen molar-refractivity contribution in [3.8, 4) is 0 Å². The van der Waals surface area contributed by atoms with Crippen molar-refractivity contribution < 1.29 is 24.2 Å². The van der Waals surface area contributed by atoms with Crippen LogP contribution < -0.4 is 11.1 Å². The van der Waals surface area contributed by atoms with Gasteiger partial charge in [0.25, 0.3) is 0 Å². The second-order valence-corrected chi connectivity index (χ2v) is 3.83. The summed E-state index contributed by atoms with van der Waals surface area (Å²) in [5, 5.41) is 11.2. The molecule has 0 spiro atoms. The predicted octanol–water partition coefficient (Wildman–Crippen LogP) is -0.362. The number of amides is 2. The van der Waals surface area contributed by atoms with E-state index in [0.717, 1.165) is 6.42 Å². The number of carbonyl (C=O) groups excluding carboxylic acids is 2. The maximum Gasteiger partial charge on any atom is 0.326 e. The zero-order chi connectivity index (χ0) is 14.0. The first-order valence-electron chi connectivity index (χ1n) is 5.85. The second kappa shape index (κ2) is 9.41. The van der Waals surface area contributed by atoms with E-state index in [2.05, 4.69) is 5.32 Å². The molecule has 104 valence electrons. The molecular formula is C11H20N2O5. The monoisotopic (exact) mass is 260 g/mol. The molecule has 0 aromatic rings. The van der Waals surface area contributed by atoms with Crippen LogP contribution in [0, 0.1) is 0 Å². The summed E-state index contributed by atoms with van der Waals surface area (Å²) in [6.07, 6.45) is 0.869. The number of carbonyl (C=O) groups is 3. The van der Waals surface area contributed by atoms with Crippen LogP contribution >= 0.6 is 0 Å². The van der Waals surface area contributed by atoms with E-state index in [0.29, 0.717) is 6.61 Å². The lowest BCUT2D eigenvalue weighted by molar-refractivity contribution is -0.142. The molecule has 2 amide bonds. The van der Waals surface area contributed by atoms with Gasteiger partial charge in [-0.15, -0.1) is 0 Å². The molecule has 4 N–H and O–H groups in total. The molecular weight excluding hydrogens is 240 g/mol. The number of nitrogens with one attached hydrogen (secondary N) is 1. The molecule has 0 saturated heterocycles. The first-order chi connectivity index (χ1) is 8.47. The van der Waals surface area contributed by atoms with Gasteiger partial charge in [0.05, 0.1) is 6.61 Å². The van der Waals surface area contributed by atoms with E-state index in [1.54, 1.807) is 0 Å². The van der Waals surface area contributed by atoms with Crippen molar-refractivity contribution in [2.24, 2.45) is 5.73 Å². The van der Waals surface area contributed by atoms with Gasteiger partial charge in [0.1, 0.15) is 6.04 Å². The largest absolute Gasteiger partial charge is 0.480 e. The Kier molecular flexibility index (Phi) is 8.55. The molecule has 0 fully saturated rings. The highest BCUT2D eigenvalue weighted by Gasteiger charge is 2.20. The van der Waals surface area contributed by atoms with Crippen LogP contribution in [0.5, 0.6) is 0 Å². The lowest BCUT2D eigenvalue weighted by Gasteiger charge is -2.13. The third-order valence-corrected chi connectivity index (χ3v) is 2.13. The van der Waals surface area contributed by atoms with Crippen molar-refractivity contribution in [1.29, 1.82) is 0 Å². The van der Waals surface area contributed by atoms with Crippen molar-refractivity contribution >= 4 is 17.8 Å². The number of rotatable bonds is 10. The Balaban J connectivity index is 3.96. The minimum Gasteiger partial charge on any atom is -0.480 e. The maximum absolute atomic E-state index is 11.4. The number of nitrogens with two attached hydrogens (primary N) is 1. The molecule has 7 heteroatoms. The Morgan fingerprint density at radius 1 is 1.28 bits per heavy atom. The average Bonchev–Trinajstić information content (AvgIpc) is 2.29. The van der Waals surface area contributed by atoms with Gasteiger partial charge >= 0.3 is 5.97 Å². The highest BCUT2D eigenvalue weighted by Crippen LogP contribution is 1.98. The number of hydrogen-bond acceptors (Lipinski definition) is 4. The standard InChI is InChI=1S/C11H20N2O5/c1-2-6-18-7-5-10(15)13-8(11(16)17)3-4-9(12)14/h8H,2-7H2,1H3,(H2,12,14)(H,13,15)(H,16,17)/t8-/m0/s1. The molecule has 18 heavy (non-hydrogen) atoms. The van der Waals surface area contributed by atoms with Crippen LogP contribution in [0.15, 0.2) is 0 Å². The van der Waals surface area contributed by atoms with Gasteiger partial charge in [-0.25, -0.2) is 4.79 Å². The minimum atomic E-state index is -1.18. The summed E-state index contributed by atoms with van der Waals surface area (Å²) in [5.41, 5.74) is 4.92. The average molecular weight is 260 g/mol. The van der Waals surface area contributed by atoms with Crippen LogP contribution in [0.2, 0.25) is 0 Å². The van der Waals surface area contributed by atoms with E-state index in [4.69, 9.17) is 15.6 Å². The Labute approximate surface area is 106 Å². The number of aliphatic carboxylic acids is 1. The normalized spacial score (nSPS) is 11.8. The van der Waals surface area contributed by atoms with E-state index in [1.807, 2.05) is 6.92 Å². The van der Waals surface area contributed by atoms with Crippen molar-refractivity contribution in [3.05, 3.63) is 0 Å². The van der Waals surface area contributed by atoms with Gasteiger partial charge < -0.3 is 20.9 Å². The van der Waals surface area contributed by atoms with E-state index >= 15 is 0 Å². The molecule has 0 radical (unpaired) electrons. The van der Waals surface area contributed by atoms with Crippen LogP contribution in [0.3, 0.4) is 0 Å². The topological polar surface area (TPSA) is 119 Å². The second-order valence-electron chi connectivity index (χ2n) is 3.83. The van der Waals surface area contributed by atoms with Gasteiger partial charge in [-0.05, 0) is 12.8 Å². The van der Waals surface area contributed by atoms with Crippen LogP contribution in [-0.2, 0) is 19.1 Å². The molecule has 0 aliphatic carbocycles. The first-order valence-corrected chi connectivity index (χ1v) is 5.85. The van der Waals surface area contributed by atoms with E-state index in [9.17, 15) is 14.4 Å². The molecule has 0 unspecified atom stereocenters. The minimum absolute atomic E-state index is 0.00771. The zero-order valence-electron chi connectivity index (χ0n) is 10.5. The van der Waals surface area contributed by atoms with E-state index < -0.39 is 23.8 Å². The molecule has 0 aromatic carbocycles. The van der Waals surface area contributed by atoms with Crippen LogP contribution in [-0.4, -0.2) is 42.1 Å². The lowest BCUT2D eigenvalue weighted by Crippen LogP contribution is -2.41. The molecule has 0 aromatic heterocycles. The Morgan fingerprint density at radius 2 is 1.94 bits per heavy atom. The van der Waals surface area contributed by atoms with Crippen molar-refractivity contribution in [1.82, 2.24) is 5.32 Å². The molecule has 7 nitrogen and oxygen atoms in total. The van der Waals surface area contributed by atoms with Gasteiger partial charge in [0, 0.05) is 19.4 Å². The van der Waals surface area contributed by atoms with Crippen LogP contribution in [0.1, 0.15) is 32.6 Å². The Bertz CT molecular complexity index is 293. The fourth-order valence-corrected chi connectivity index (χ4v) is 1.22. The Hall–Kier alpha value is -1.63. The third kappa shape index (κ3) is 8.51. The van der Waals surface area contributed by atoms with Gasteiger partial charge in [-0.1, -0.05) is 6.92 Å². The fourth-order valence-electron chi connectivity index (χ4n) is 1.22. The number of carboxylic acids is 1. The zero-order valence-corrected chi connectivity index (χ0v) is 10.5. The van der Waals surface area contributed by atoms with Gasteiger partial charge in [-0.2, -0.15) is 0 Å². The molecule has 1 atom stereocenters. The molecule has 0 aliphatic heterocycles. The van der Waals surface area contributed by atoms with Crippen molar-refractivity contribution in [2.75, 3.05) is 13.2 Å². The Morgan fingerprint density at radius 3 is 2.44 bits per heavy atom. The van der Waals surface area contributed by atoms with Gasteiger partial charge in [0.2, 0.25) is 11.8 Å². The third-order valence-electron chi connectivity index (χ3n) is 2.13. The summed E-state index contributed by atoms with van der Waals surface area (Å²) in [5.74, 6) is -2.19. The molecule has 0 saturated carbocycles. The van der Waals surface area contributed by atoms with Crippen LogP contribution in [0.4, 0.5) is 0 Å². The predicted molar refractivity (Wildman–Crippen MR) is 63.7 cm³/mol.